The summed E-state index contributed by atoms with van der Waals surface area (Å²) in [6.07, 6.45) is 3.44. The maximum absolute atomic E-state index is 14.4. The number of aromatic hydroxyl groups is 1. The summed E-state index contributed by atoms with van der Waals surface area (Å²) in [6.45, 7) is 5.18. The number of H-pyrrole nitrogens is 1. The number of fused-ring (bicyclic) bond motifs is 1. The van der Waals surface area contributed by atoms with Gasteiger partial charge in [-0.25, -0.2) is 4.79 Å². The van der Waals surface area contributed by atoms with Gasteiger partial charge in [0.25, 0.3) is 0 Å². The molecule has 0 aliphatic rings. The third kappa shape index (κ3) is 15.1. The minimum absolute atomic E-state index is 0.00362. The second kappa shape index (κ2) is 22.4. The molecule has 4 rings (SSSR count). The van der Waals surface area contributed by atoms with Gasteiger partial charge in [-0.1, -0.05) is 60.7 Å². The van der Waals surface area contributed by atoms with Gasteiger partial charge in [0.1, 0.15) is 35.5 Å². The summed E-state index contributed by atoms with van der Waals surface area (Å²) >= 11 is 0. The Kier molecular flexibility index (Phi) is 17.2. The Bertz CT molecular complexity index is 2220. The number of carboxylic acid groups (broad SMARTS) is 1. The van der Waals surface area contributed by atoms with Crippen LogP contribution in [0.15, 0.2) is 91.1 Å². The van der Waals surface area contributed by atoms with Crippen LogP contribution in [0.5, 0.6) is 5.75 Å². The number of primary amides is 1. The van der Waals surface area contributed by atoms with Crippen LogP contribution in [0.1, 0.15) is 63.1 Å². The van der Waals surface area contributed by atoms with Crippen molar-refractivity contribution >= 4 is 58.6 Å². The number of aliphatic carboxylic acids is 1. The number of nitrogens with zero attached hydrogens (tertiary/aromatic N) is 1. The Morgan fingerprint density at radius 2 is 1.48 bits per heavy atom. The molecule has 4 aromatic rings. The molecule has 17 nitrogen and oxygen atoms in total. The molecule has 1 unspecified atom stereocenters. The summed E-state index contributed by atoms with van der Waals surface area (Å²) in [6, 6.07) is 16.8. The van der Waals surface area contributed by atoms with Gasteiger partial charge in [0, 0.05) is 49.6 Å². The van der Waals surface area contributed by atoms with Gasteiger partial charge in [-0.3, -0.25) is 28.8 Å². The molecule has 0 fully saturated rings. The van der Waals surface area contributed by atoms with Crippen molar-refractivity contribution in [1.82, 2.24) is 31.2 Å². The Morgan fingerprint density at radius 1 is 0.823 bits per heavy atom. The number of carbonyl (C=O) groups excluding carboxylic acids is 6. The molecular weight excluding hydrogens is 799 g/mol. The number of para-hydroxylation sites is 1. The van der Waals surface area contributed by atoms with Crippen LogP contribution in [-0.2, 0) is 46.3 Å². The van der Waals surface area contributed by atoms with E-state index in [-0.39, 0.29) is 38.0 Å². The molecule has 4 atom stereocenters. The van der Waals surface area contributed by atoms with Crippen molar-refractivity contribution < 1.29 is 48.5 Å². The monoisotopic (exact) mass is 853 g/mol. The van der Waals surface area contributed by atoms with Gasteiger partial charge in [0.2, 0.25) is 29.5 Å². The Hall–Kier alpha value is -7.17. The second-order valence-electron chi connectivity index (χ2n) is 15.8. The number of carbonyl (C=O) groups is 7. The number of alkyl carbamates (subject to hydrolysis) is 1. The Labute approximate surface area is 359 Å². The zero-order chi connectivity index (χ0) is 45.4. The number of aromatic nitrogens is 1. The fourth-order valence-electron chi connectivity index (χ4n) is 6.52. The van der Waals surface area contributed by atoms with Crippen LogP contribution in [0.4, 0.5) is 4.79 Å². The number of ether oxygens (including phenoxy) is 1. The largest absolute Gasteiger partial charge is 0.508 e. The standard InChI is InChI=1S/C45H55N7O10/c1-45(2,3)62-44(61)51-36(25-30-27-48-33-15-9-8-14-32(30)33)41(58)49-34(16-10-11-23-47-38(54)22-19-28-17-20-31(53)21-18-28)43(60)52(4)37(26-39(55)56)42(59)50-35(40(46)57)24-29-12-6-5-7-13-29/h5-9,12-15,17-22,27,34-37,48,53H,10-11,16,23-26H2,1-4H3,(H2,46,57)(H,47,54)(H,49,58)(H,50,59)(H,51,61)(H,55,56)/b22-19+/t34-,35-,36?,37-/m0/s1. The lowest BCUT2D eigenvalue weighted by molar-refractivity contribution is -0.147. The number of likely N-dealkylation sites (N-methyl/N-ethyl adjacent to an activating group) is 1. The average molecular weight is 854 g/mol. The van der Waals surface area contributed by atoms with Crippen molar-refractivity contribution in [2.75, 3.05) is 13.6 Å². The fourth-order valence-corrected chi connectivity index (χ4v) is 6.52. The Morgan fingerprint density at radius 3 is 2.15 bits per heavy atom. The molecule has 6 amide bonds. The smallest absolute Gasteiger partial charge is 0.408 e. The number of amides is 6. The number of aromatic amines is 1. The van der Waals surface area contributed by atoms with Crippen molar-refractivity contribution in [3.05, 3.63) is 108 Å². The fraction of sp³-hybridized carbons (Fsp3) is 0.356. The van der Waals surface area contributed by atoms with Gasteiger partial charge in [0.05, 0.1) is 6.42 Å². The zero-order valence-electron chi connectivity index (χ0n) is 35.2. The van der Waals surface area contributed by atoms with Crippen molar-refractivity contribution in [3.8, 4) is 5.75 Å². The van der Waals surface area contributed by atoms with Crippen molar-refractivity contribution in [3.63, 3.8) is 0 Å². The second-order valence-corrected chi connectivity index (χ2v) is 15.8. The number of hydrogen-bond acceptors (Lipinski definition) is 9. The first-order chi connectivity index (χ1) is 29.4. The minimum atomic E-state index is -1.64. The quantitative estimate of drug-likeness (QED) is 0.0448. The number of rotatable bonds is 21. The summed E-state index contributed by atoms with van der Waals surface area (Å²) in [5.41, 5.74) is 7.56. The number of unbranched alkanes of at least 4 members (excludes halogenated alkanes) is 1. The number of carboxylic acids is 1. The van der Waals surface area contributed by atoms with Gasteiger partial charge in [0.15, 0.2) is 0 Å². The number of hydrogen-bond donors (Lipinski definition) is 8. The van der Waals surface area contributed by atoms with E-state index >= 15 is 0 Å². The molecule has 3 aromatic carbocycles. The van der Waals surface area contributed by atoms with Crippen LogP contribution in [0.2, 0.25) is 0 Å². The summed E-state index contributed by atoms with van der Waals surface area (Å²) in [5.74, 6) is -5.15. The van der Waals surface area contributed by atoms with Crippen LogP contribution >= 0.6 is 0 Å². The highest BCUT2D eigenvalue weighted by atomic mass is 16.6. The summed E-state index contributed by atoms with van der Waals surface area (Å²) < 4.78 is 5.46. The van der Waals surface area contributed by atoms with Gasteiger partial charge in [-0.2, -0.15) is 0 Å². The van der Waals surface area contributed by atoms with Gasteiger partial charge < -0.3 is 51.8 Å². The van der Waals surface area contributed by atoms with Crippen LogP contribution in [0.3, 0.4) is 0 Å². The third-order valence-corrected chi connectivity index (χ3v) is 9.69. The molecule has 0 aliphatic heterocycles. The molecule has 0 saturated carbocycles. The van der Waals surface area contributed by atoms with Crippen molar-refractivity contribution in [2.45, 2.75) is 89.1 Å². The SMILES string of the molecule is CN(C(=O)[C@H](CCCCNC(=O)/C=C/c1ccc(O)cc1)NC(=O)C(Cc1c[nH]c2ccccc12)NC(=O)OC(C)(C)C)[C@@H](CC(=O)O)C(=O)N[C@@H](Cc1ccccc1)C(N)=O. The first kappa shape index (κ1) is 47.5. The van der Waals surface area contributed by atoms with E-state index in [1.807, 2.05) is 24.3 Å². The van der Waals surface area contributed by atoms with E-state index in [9.17, 15) is 43.8 Å². The van der Waals surface area contributed by atoms with E-state index in [0.717, 1.165) is 15.8 Å². The molecule has 0 radical (unpaired) electrons. The van der Waals surface area contributed by atoms with Gasteiger partial charge >= 0.3 is 12.1 Å². The minimum Gasteiger partial charge on any atom is -0.508 e. The number of nitrogens with one attached hydrogen (secondary N) is 5. The summed E-state index contributed by atoms with van der Waals surface area (Å²) in [7, 11) is 1.22. The topological polar surface area (TPSA) is 262 Å². The van der Waals surface area contributed by atoms with Crippen LogP contribution in [0.25, 0.3) is 17.0 Å². The molecule has 9 N–H and O–H groups in total. The summed E-state index contributed by atoms with van der Waals surface area (Å²) in [5, 5.41) is 30.7. The van der Waals surface area contributed by atoms with Crippen molar-refractivity contribution in [2.24, 2.45) is 5.73 Å². The van der Waals surface area contributed by atoms with E-state index in [4.69, 9.17) is 10.5 Å². The zero-order valence-corrected chi connectivity index (χ0v) is 35.2. The third-order valence-electron chi connectivity index (χ3n) is 9.69. The van der Waals surface area contributed by atoms with Crippen LogP contribution < -0.4 is 27.0 Å². The number of nitrogens with two attached hydrogens (primary N) is 1. The first-order valence-corrected chi connectivity index (χ1v) is 20.1. The number of phenolic OH excluding ortho intramolecular Hbond substituents is 1. The van der Waals surface area contributed by atoms with Crippen LogP contribution in [-0.4, -0.2) is 105 Å². The summed E-state index contributed by atoms with van der Waals surface area (Å²) in [4.78, 5) is 96.5. The molecule has 17 heteroatoms. The highest BCUT2D eigenvalue weighted by Crippen LogP contribution is 2.20. The molecule has 0 spiro atoms. The lowest BCUT2D eigenvalue weighted by atomic mass is 10.0. The van der Waals surface area contributed by atoms with Gasteiger partial charge in [-0.15, -0.1) is 0 Å². The Balaban J connectivity index is 1.57. The predicted molar refractivity (Wildman–Crippen MR) is 231 cm³/mol. The van der Waals surface area contributed by atoms with E-state index in [1.54, 1.807) is 75.5 Å². The number of phenols is 1. The number of benzene rings is 3. The van der Waals surface area contributed by atoms with Crippen molar-refractivity contribution in [1.29, 1.82) is 0 Å². The highest BCUT2D eigenvalue weighted by Gasteiger charge is 2.36. The lowest BCUT2D eigenvalue weighted by Gasteiger charge is -2.32. The highest BCUT2D eigenvalue weighted by molar-refractivity contribution is 5.97. The maximum atomic E-state index is 14.4. The molecule has 1 aromatic heterocycles. The first-order valence-electron chi connectivity index (χ1n) is 20.1. The molecule has 330 valence electrons. The van der Waals surface area contributed by atoms with E-state index < -0.39 is 77.8 Å². The molecule has 0 bridgehead atoms. The van der Waals surface area contributed by atoms with E-state index in [2.05, 4.69) is 26.3 Å². The molecular formula is C45H55N7O10. The molecule has 62 heavy (non-hydrogen) atoms. The lowest BCUT2D eigenvalue weighted by Crippen LogP contribution is -2.59. The average Bonchev–Trinajstić information content (AvgIpc) is 3.63. The molecule has 0 aliphatic carbocycles. The maximum Gasteiger partial charge on any atom is 0.408 e. The van der Waals surface area contributed by atoms with Crippen LogP contribution in [0, 0.1) is 0 Å². The van der Waals surface area contributed by atoms with Gasteiger partial charge in [-0.05, 0) is 81.0 Å². The molecule has 1 heterocycles. The van der Waals surface area contributed by atoms with E-state index in [0.29, 0.717) is 23.1 Å². The van der Waals surface area contributed by atoms with E-state index in [1.165, 1.54) is 25.3 Å². The normalized spacial score (nSPS) is 13.3. The predicted octanol–water partition coefficient (Wildman–Crippen LogP) is 3.31. The molecule has 0 saturated heterocycles.